The number of nitrogens with zero attached hydrogens (tertiary/aromatic N) is 6. The van der Waals surface area contributed by atoms with Crippen LogP contribution in [0.4, 0.5) is 5.82 Å². The number of fused-ring (bicyclic) bond motifs is 2. The van der Waals surface area contributed by atoms with Gasteiger partial charge < -0.3 is 19.3 Å². The van der Waals surface area contributed by atoms with Gasteiger partial charge >= 0.3 is 0 Å². The number of ether oxygens (including phenoxy) is 2. The summed E-state index contributed by atoms with van der Waals surface area (Å²) < 4.78 is 12.5. The summed E-state index contributed by atoms with van der Waals surface area (Å²) >= 11 is 0. The van der Waals surface area contributed by atoms with Crippen molar-refractivity contribution in [1.29, 1.82) is 0 Å². The van der Waals surface area contributed by atoms with Gasteiger partial charge in [-0.05, 0) is 17.7 Å². The van der Waals surface area contributed by atoms with Gasteiger partial charge in [0.25, 0.3) is 0 Å². The Morgan fingerprint density at radius 2 is 2.00 bits per heavy atom. The van der Waals surface area contributed by atoms with E-state index in [1.54, 1.807) is 10.9 Å². The lowest BCUT2D eigenvalue weighted by atomic mass is 10.1. The average Bonchev–Trinajstić information content (AvgIpc) is 3.35. The number of carbonyl (C=O) groups excluding carboxylic acids is 1. The van der Waals surface area contributed by atoms with Gasteiger partial charge in [-0.25, -0.2) is 9.97 Å². The smallest absolute Gasteiger partial charge is 0.242 e. The molecule has 9 nitrogen and oxygen atoms in total. The van der Waals surface area contributed by atoms with Crippen molar-refractivity contribution in [3.05, 3.63) is 35.8 Å². The first-order valence-corrected chi connectivity index (χ1v) is 9.72. The number of hydrogen-bond donors (Lipinski definition) is 0. The fourth-order valence-electron chi connectivity index (χ4n) is 3.77. The highest BCUT2D eigenvalue weighted by molar-refractivity contribution is 5.90. The van der Waals surface area contributed by atoms with Crippen molar-refractivity contribution in [3.63, 3.8) is 0 Å². The molecule has 0 atom stereocenters. The summed E-state index contributed by atoms with van der Waals surface area (Å²) in [7, 11) is 1.87. The van der Waals surface area contributed by atoms with E-state index in [1.165, 1.54) is 0 Å². The molecule has 0 radical (unpaired) electrons. The van der Waals surface area contributed by atoms with Gasteiger partial charge in [-0.3, -0.25) is 9.48 Å². The number of aryl methyl sites for hydroxylation is 2. The van der Waals surface area contributed by atoms with Crippen LogP contribution in [-0.4, -0.2) is 57.0 Å². The van der Waals surface area contributed by atoms with E-state index in [9.17, 15) is 4.79 Å². The number of piperazine rings is 1. The van der Waals surface area contributed by atoms with E-state index in [0.717, 1.165) is 46.2 Å². The molecule has 0 bridgehead atoms. The molecule has 5 rings (SSSR count). The van der Waals surface area contributed by atoms with Crippen LogP contribution in [0.5, 0.6) is 11.5 Å². The fourth-order valence-corrected chi connectivity index (χ4v) is 3.77. The van der Waals surface area contributed by atoms with Crippen molar-refractivity contribution >= 4 is 22.8 Å². The molecule has 0 N–H and O–H groups in total. The van der Waals surface area contributed by atoms with Gasteiger partial charge in [-0.15, -0.1) is 0 Å². The molecule has 2 aliphatic heterocycles. The van der Waals surface area contributed by atoms with E-state index in [4.69, 9.17) is 14.5 Å². The Hall–Kier alpha value is -3.36. The average molecular weight is 394 g/mol. The highest BCUT2D eigenvalue weighted by Gasteiger charge is 2.27. The van der Waals surface area contributed by atoms with Gasteiger partial charge in [0.1, 0.15) is 11.6 Å². The molecule has 0 unspecified atom stereocenters. The van der Waals surface area contributed by atoms with Crippen molar-refractivity contribution in [3.8, 4) is 11.5 Å². The minimum Gasteiger partial charge on any atom is -0.454 e. The summed E-state index contributed by atoms with van der Waals surface area (Å²) in [5, 5.41) is 5.19. The molecule has 1 amide bonds. The lowest BCUT2D eigenvalue weighted by Crippen LogP contribution is -2.50. The molecule has 0 spiro atoms. The summed E-state index contributed by atoms with van der Waals surface area (Å²) in [5.74, 6) is 3.10. The van der Waals surface area contributed by atoms with Gasteiger partial charge in [-0.1, -0.05) is 13.0 Å². The van der Waals surface area contributed by atoms with Gasteiger partial charge in [0, 0.05) is 33.1 Å². The third-order valence-electron chi connectivity index (χ3n) is 5.36. The Balaban J connectivity index is 1.35. The Bertz CT molecular complexity index is 1100. The molecule has 4 heterocycles. The topological polar surface area (TPSA) is 85.6 Å². The number of benzene rings is 1. The molecule has 0 saturated carbocycles. The van der Waals surface area contributed by atoms with Crippen LogP contribution in [0.1, 0.15) is 18.3 Å². The van der Waals surface area contributed by atoms with Crippen LogP contribution >= 0.6 is 0 Å². The van der Waals surface area contributed by atoms with Crippen molar-refractivity contribution in [1.82, 2.24) is 24.6 Å². The molecule has 1 saturated heterocycles. The van der Waals surface area contributed by atoms with Crippen LogP contribution in [0.2, 0.25) is 0 Å². The predicted molar refractivity (Wildman–Crippen MR) is 106 cm³/mol. The molecular weight excluding hydrogens is 372 g/mol. The van der Waals surface area contributed by atoms with E-state index in [1.807, 2.05) is 42.0 Å². The summed E-state index contributed by atoms with van der Waals surface area (Å²) in [4.78, 5) is 26.1. The first-order valence-electron chi connectivity index (χ1n) is 9.72. The molecule has 1 fully saturated rings. The third-order valence-corrected chi connectivity index (χ3v) is 5.36. The second-order valence-corrected chi connectivity index (χ2v) is 7.25. The highest BCUT2D eigenvalue weighted by atomic mass is 16.7. The summed E-state index contributed by atoms with van der Waals surface area (Å²) in [6, 6.07) is 5.81. The molecule has 2 aromatic heterocycles. The maximum atomic E-state index is 12.9. The van der Waals surface area contributed by atoms with Gasteiger partial charge in [0.05, 0.1) is 18.1 Å². The molecule has 0 aliphatic carbocycles. The Morgan fingerprint density at radius 3 is 2.83 bits per heavy atom. The molecule has 150 valence electrons. The SMILES string of the molecule is CCc1nc(N2CCN(Cc3ccc4c(c3)OCO4)C(=O)C2)c2cnn(C)c2n1. The second-order valence-electron chi connectivity index (χ2n) is 7.25. The van der Waals surface area contributed by atoms with Gasteiger partial charge in [-0.2, -0.15) is 5.10 Å². The normalized spacial score (nSPS) is 16.1. The predicted octanol–water partition coefficient (Wildman–Crippen LogP) is 1.50. The monoisotopic (exact) mass is 394 g/mol. The maximum absolute atomic E-state index is 12.9. The first kappa shape index (κ1) is 17.7. The number of rotatable bonds is 4. The van der Waals surface area contributed by atoms with Crippen LogP contribution in [-0.2, 0) is 24.8 Å². The minimum atomic E-state index is 0.0719. The summed E-state index contributed by atoms with van der Waals surface area (Å²) in [5.41, 5.74) is 1.82. The van der Waals surface area contributed by atoms with Crippen molar-refractivity contribution in [2.75, 3.05) is 31.3 Å². The number of amides is 1. The van der Waals surface area contributed by atoms with E-state index in [0.29, 0.717) is 19.6 Å². The van der Waals surface area contributed by atoms with Crippen LogP contribution in [0.25, 0.3) is 11.0 Å². The van der Waals surface area contributed by atoms with Gasteiger partial charge in [0.15, 0.2) is 17.1 Å². The van der Waals surface area contributed by atoms with E-state index in [-0.39, 0.29) is 19.2 Å². The lowest BCUT2D eigenvalue weighted by molar-refractivity contribution is -0.131. The van der Waals surface area contributed by atoms with Crippen LogP contribution in [0.3, 0.4) is 0 Å². The van der Waals surface area contributed by atoms with E-state index in [2.05, 4.69) is 10.1 Å². The quantitative estimate of drug-likeness (QED) is 0.663. The van der Waals surface area contributed by atoms with Gasteiger partial charge in [0.2, 0.25) is 12.7 Å². The van der Waals surface area contributed by atoms with Crippen LogP contribution < -0.4 is 14.4 Å². The minimum absolute atomic E-state index is 0.0719. The number of aromatic nitrogens is 4. The number of carbonyl (C=O) groups is 1. The van der Waals surface area contributed by atoms with Crippen LogP contribution in [0, 0.1) is 0 Å². The molecule has 9 heteroatoms. The fraction of sp³-hybridized carbons (Fsp3) is 0.400. The Morgan fingerprint density at radius 1 is 1.14 bits per heavy atom. The highest BCUT2D eigenvalue weighted by Crippen LogP contribution is 2.33. The van der Waals surface area contributed by atoms with Crippen molar-refractivity contribution in [2.45, 2.75) is 19.9 Å². The zero-order chi connectivity index (χ0) is 20.0. The molecule has 3 aromatic rings. The van der Waals surface area contributed by atoms with E-state index >= 15 is 0 Å². The maximum Gasteiger partial charge on any atom is 0.242 e. The van der Waals surface area contributed by atoms with Crippen molar-refractivity contribution in [2.24, 2.45) is 7.05 Å². The Kier molecular flexibility index (Phi) is 4.22. The summed E-state index contributed by atoms with van der Waals surface area (Å²) in [6.45, 7) is 4.44. The number of anilines is 1. The largest absolute Gasteiger partial charge is 0.454 e. The molecule has 1 aromatic carbocycles. The second kappa shape index (κ2) is 6.91. The standard InChI is InChI=1S/C20H22N6O3/c1-3-17-22-19-14(9-21-24(19)2)20(23-17)26-7-6-25(18(27)11-26)10-13-4-5-15-16(8-13)29-12-28-15/h4-5,8-9H,3,6-7,10-12H2,1-2H3. The van der Waals surface area contributed by atoms with Crippen LogP contribution in [0.15, 0.2) is 24.4 Å². The zero-order valence-electron chi connectivity index (χ0n) is 16.5. The molecular formula is C20H22N6O3. The Labute approximate surface area is 167 Å². The zero-order valence-corrected chi connectivity index (χ0v) is 16.5. The summed E-state index contributed by atoms with van der Waals surface area (Å²) in [6.07, 6.45) is 2.50. The van der Waals surface area contributed by atoms with E-state index < -0.39 is 0 Å². The third kappa shape index (κ3) is 3.12. The first-order chi connectivity index (χ1) is 14.1. The number of hydrogen-bond acceptors (Lipinski definition) is 7. The lowest BCUT2D eigenvalue weighted by Gasteiger charge is -2.35. The molecule has 2 aliphatic rings. The molecule has 29 heavy (non-hydrogen) atoms. The van der Waals surface area contributed by atoms with Crippen molar-refractivity contribution < 1.29 is 14.3 Å².